The van der Waals surface area contributed by atoms with Gasteiger partial charge in [-0.3, -0.25) is 9.59 Å². The van der Waals surface area contributed by atoms with Crippen molar-refractivity contribution in [3.05, 3.63) is 58.7 Å². The van der Waals surface area contributed by atoms with Crippen LogP contribution < -0.4 is 0 Å². The van der Waals surface area contributed by atoms with Crippen molar-refractivity contribution in [2.75, 3.05) is 0 Å². The van der Waals surface area contributed by atoms with Crippen LogP contribution in [0.3, 0.4) is 0 Å². The van der Waals surface area contributed by atoms with E-state index in [1.807, 2.05) is 0 Å². The fraction of sp³-hybridized carbons (Fsp3) is 0.417. The number of halogens is 6. The molecule has 0 atom stereocenters. The lowest BCUT2D eigenvalue weighted by Gasteiger charge is -2.43. The highest BCUT2D eigenvalue weighted by atomic mass is 19.4. The Morgan fingerprint density at radius 3 is 1.61 bits per heavy atom. The van der Waals surface area contributed by atoms with E-state index in [9.17, 15) is 35.9 Å². The lowest BCUT2D eigenvalue weighted by atomic mass is 9.73. The molecule has 0 amide bonds. The van der Waals surface area contributed by atoms with Gasteiger partial charge in [-0.15, -0.1) is 0 Å². The fourth-order valence-electron chi connectivity index (χ4n) is 4.09. The Balaban J connectivity index is 2.22. The van der Waals surface area contributed by atoms with Crippen molar-refractivity contribution in [3.8, 4) is 11.1 Å². The summed E-state index contributed by atoms with van der Waals surface area (Å²) >= 11 is 0. The van der Waals surface area contributed by atoms with Crippen LogP contribution in [0.1, 0.15) is 55.9 Å². The molecule has 1 saturated heterocycles. The first-order chi connectivity index (χ1) is 14.8. The monoisotopic (exact) mass is 472 g/mol. The van der Waals surface area contributed by atoms with E-state index in [-0.39, 0.29) is 22.8 Å². The molecule has 1 aliphatic rings. The van der Waals surface area contributed by atoms with E-state index >= 15 is 0 Å². The molecule has 3 nitrogen and oxygen atoms in total. The number of ketones is 2. The lowest BCUT2D eigenvalue weighted by Crippen LogP contribution is -2.58. The Bertz CT molecular complexity index is 1070. The summed E-state index contributed by atoms with van der Waals surface area (Å²) in [5.41, 5.74) is -5.11. The third kappa shape index (κ3) is 4.69. The second kappa shape index (κ2) is 7.68. The predicted octanol–water partition coefficient (Wildman–Crippen LogP) is 6.51. The van der Waals surface area contributed by atoms with Crippen LogP contribution in [0.4, 0.5) is 26.3 Å². The maximum absolute atomic E-state index is 13.3. The van der Waals surface area contributed by atoms with Crippen molar-refractivity contribution in [2.24, 2.45) is 0 Å². The molecule has 0 N–H and O–H groups in total. The van der Waals surface area contributed by atoms with Gasteiger partial charge in [-0.2, -0.15) is 26.3 Å². The molecule has 0 aromatic heterocycles. The third-order valence-electron chi connectivity index (χ3n) is 5.73. The number of hydrogen-bond donors (Lipinski definition) is 0. The van der Waals surface area contributed by atoms with Crippen LogP contribution in [0.2, 0.25) is 0 Å². The Hall–Kier alpha value is -2.68. The summed E-state index contributed by atoms with van der Waals surface area (Å²) in [5.74, 6) is -2.34. The summed E-state index contributed by atoms with van der Waals surface area (Å²) in [6, 6.07) is 5.42. The van der Waals surface area contributed by atoms with Crippen molar-refractivity contribution >= 4 is 11.6 Å². The maximum Gasteiger partial charge on any atom is 0.416 e. The Morgan fingerprint density at radius 1 is 0.727 bits per heavy atom. The summed E-state index contributed by atoms with van der Waals surface area (Å²) in [6.45, 7) is 7.66. The molecule has 2 aromatic rings. The van der Waals surface area contributed by atoms with Crippen molar-refractivity contribution in [2.45, 2.75) is 64.1 Å². The van der Waals surface area contributed by atoms with Crippen LogP contribution in [-0.4, -0.2) is 22.8 Å². The highest BCUT2D eigenvalue weighted by Crippen LogP contribution is 2.42. The van der Waals surface area contributed by atoms with Gasteiger partial charge in [0.2, 0.25) is 0 Å². The molecule has 178 valence electrons. The van der Waals surface area contributed by atoms with E-state index < -0.39 is 52.2 Å². The number of rotatable bonds is 2. The molecule has 0 bridgehead atoms. The third-order valence-corrected chi connectivity index (χ3v) is 5.73. The van der Waals surface area contributed by atoms with Crippen LogP contribution in [-0.2, 0) is 26.7 Å². The molecule has 9 heteroatoms. The van der Waals surface area contributed by atoms with Crippen molar-refractivity contribution < 1.29 is 40.7 Å². The topological polar surface area (TPSA) is 43.4 Å². The SMILES string of the molecule is Cc1ccc(-c2cc(C(F)(F)F)cc(C(F)(F)F)c2)cc1C1C(=O)C(C)(C)OC(C)(C)C1=O. The normalized spacial score (nSPS) is 19.1. The summed E-state index contributed by atoms with van der Waals surface area (Å²) < 4.78 is 85.4. The lowest BCUT2D eigenvalue weighted by molar-refractivity contribution is -0.184. The quantitative estimate of drug-likeness (QED) is 0.370. The number of Topliss-reactive ketones (excluding diaryl/α,β-unsaturated/α-hetero) is 2. The van der Waals surface area contributed by atoms with Crippen LogP contribution in [0, 0.1) is 6.92 Å². The molecular weight excluding hydrogens is 450 g/mol. The van der Waals surface area contributed by atoms with Crippen molar-refractivity contribution in [1.82, 2.24) is 0 Å². The summed E-state index contributed by atoms with van der Waals surface area (Å²) in [5, 5.41) is 0. The molecule has 1 fully saturated rings. The summed E-state index contributed by atoms with van der Waals surface area (Å²) in [6.07, 6.45) is -9.99. The van der Waals surface area contributed by atoms with Gasteiger partial charge >= 0.3 is 12.4 Å². The van der Waals surface area contributed by atoms with Gasteiger partial charge in [0.05, 0.1) is 11.1 Å². The highest BCUT2D eigenvalue weighted by Gasteiger charge is 2.53. The van der Waals surface area contributed by atoms with Crippen LogP contribution in [0.15, 0.2) is 36.4 Å². The molecule has 0 aliphatic carbocycles. The molecular formula is C24H22F6O3. The second-order valence-electron chi connectivity index (χ2n) is 9.15. The number of hydrogen-bond acceptors (Lipinski definition) is 3. The number of ether oxygens (including phenoxy) is 1. The van der Waals surface area contributed by atoms with Gasteiger partial charge < -0.3 is 4.74 Å². The largest absolute Gasteiger partial charge is 0.416 e. The Kier molecular flexibility index (Phi) is 5.81. The van der Waals surface area contributed by atoms with Crippen LogP contribution in [0.5, 0.6) is 0 Å². The minimum absolute atomic E-state index is 0.0231. The van der Waals surface area contributed by atoms with Gasteiger partial charge in [-0.05, 0) is 81.1 Å². The average Bonchev–Trinajstić information content (AvgIpc) is 2.66. The number of carbonyl (C=O) groups excluding carboxylic acids is 2. The number of carbonyl (C=O) groups is 2. The minimum Gasteiger partial charge on any atom is -0.354 e. The van der Waals surface area contributed by atoms with E-state index in [2.05, 4.69) is 0 Å². The number of alkyl halides is 6. The molecule has 2 aromatic carbocycles. The first-order valence-corrected chi connectivity index (χ1v) is 10.0. The van der Waals surface area contributed by atoms with Gasteiger partial charge in [0.1, 0.15) is 17.1 Å². The fourth-order valence-corrected chi connectivity index (χ4v) is 4.09. The number of benzene rings is 2. The molecule has 33 heavy (non-hydrogen) atoms. The van der Waals surface area contributed by atoms with E-state index in [1.165, 1.54) is 45.9 Å². The molecule has 0 unspecified atom stereocenters. The average molecular weight is 472 g/mol. The minimum atomic E-state index is -5.00. The standard InChI is InChI=1S/C24H22F6O3/c1-12-6-7-13(14-8-15(23(25,26)27)11-16(9-14)24(28,29)30)10-17(12)18-19(31)21(2,3)33-22(4,5)20(18)32/h6-11,18H,1-5H3. The zero-order valence-electron chi connectivity index (χ0n) is 18.5. The first-order valence-electron chi connectivity index (χ1n) is 10.0. The van der Waals surface area contributed by atoms with E-state index in [4.69, 9.17) is 4.74 Å². The zero-order chi connectivity index (χ0) is 25.1. The zero-order valence-corrected chi connectivity index (χ0v) is 18.5. The van der Waals surface area contributed by atoms with Gasteiger partial charge in [0.25, 0.3) is 0 Å². The number of aryl methyl sites for hydroxylation is 1. The van der Waals surface area contributed by atoms with Gasteiger partial charge in [0, 0.05) is 0 Å². The smallest absolute Gasteiger partial charge is 0.354 e. The van der Waals surface area contributed by atoms with E-state index in [0.717, 1.165) is 0 Å². The Morgan fingerprint density at radius 2 is 1.18 bits per heavy atom. The summed E-state index contributed by atoms with van der Waals surface area (Å²) in [4.78, 5) is 26.1. The van der Waals surface area contributed by atoms with Crippen molar-refractivity contribution in [1.29, 1.82) is 0 Å². The molecule has 0 radical (unpaired) electrons. The van der Waals surface area contributed by atoms with Crippen LogP contribution in [0.25, 0.3) is 11.1 Å². The van der Waals surface area contributed by atoms with E-state index in [1.54, 1.807) is 6.92 Å². The molecule has 3 rings (SSSR count). The van der Waals surface area contributed by atoms with E-state index in [0.29, 0.717) is 17.7 Å². The van der Waals surface area contributed by atoms with Crippen molar-refractivity contribution in [3.63, 3.8) is 0 Å². The first kappa shape index (κ1) is 25.0. The molecule has 0 saturated carbocycles. The second-order valence-corrected chi connectivity index (χ2v) is 9.15. The highest BCUT2D eigenvalue weighted by molar-refractivity contribution is 6.15. The van der Waals surface area contributed by atoms with Gasteiger partial charge in [-0.1, -0.05) is 12.1 Å². The summed E-state index contributed by atoms with van der Waals surface area (Å²) in [7, 11) is 0. The predicted molar refractivity (Wildman–Crippen MR) is 109 cm³/mol. The maximum atomic E-state index is 13.3. The molecule has 0 spiro atoms. The van der Waals surface area contributed by atoms with Gasteiger partial charge in [-0.25, -0.2) is 0 Å². The Labute approximate surface area is 186 Å². The molecule has 1 aliphatic heterocycles. The molecule has 1 heterocycles. The van der Waals surface area contributed by atoms with Crippen LogP contribution >= 0.6 is 0 Å². The van der Waals surface area contributed by atoms with Gasteiger partial charge in [0.15, 0.2) is 11.6 Å².